The quantitative estimate of drug-likeness (QED) is 0.218. The number of hydrogen-bond donors (Lipinski definition) is 1. The Balaban J connectivity index is 1.57. The smallest absolute Gasteiger partial charge is 0.496 e. The number of benzene rings is 2. The molecule has 0 saturated carbocycles. The Bertz CT molecular complexity index is 1420. The molecule has 1 N–H and O–H groups in total. The van der Waals surface area contributed by atoms with Crippen molar-refractivity contribution in [1.29, 1.82) is 0 Å². The van der Waals surface area contributed by atoms with Crippen molar-refractivity contribution < 1.29 is 27.4 Å². The summed E-state index contributed by atoms with van der Waals surface area (Å²) in [5.41, 5.74) is 3.46. The third-order valence-electron chi connectivity index (χ3n) is 5.47. The van der Waals surface area contributed by atoms with Crippen molar-refractivity contribution in [2.45, 2.75) is 37.5 Å². The largest absolute Gasteiger partial charge is 0.573 e. The van der Waals surface area contributed by atoms with E-state index in [1.165, 1.54) is 40.7 Å². The molecule has 4 rings (SSSR count). The van der Waals surface area contributed by atoms with Crippen molar-refractivity contribution in [3.05, 3.63) is 82.9 Å². The van der Waals surface area contributed by atoms with Gasteiger partial charge in [0.1, 0.15) is 11.5 Å². The number of aromatic nitrogens is 5. The number of ether oxygens (including phenoxy) is 2. The minimum Gasteiger partial charge on any atom is -0.496 e. The van der Waals surface area contributed by atoms with Crippen LogP contribution in [0.3, 0.4) is 0 Å². The summed E-state index contributed by atoms with van der Waals surface area (Å²) < 4.78 is 48.4. The van der Waals surface area contributed by atoms with Crippen molar-refractivity contribution in [3.63, 3.8) is 0 Å². The second-order valence-electron chi connectivity index (χ2n) is 8.38. The van der Waals surface area contributed by atoms with Crippen LogP contribution in [0.2, 0.25) is 0 Å². The lowest BCUT2D eigenvalue weighted by Gasteiger charge is -2.11. The molecular formula is C26H25F3N6O3S. The second kappa shape index (κ2) is 12.2. The predicted molar refractivity (Wildman–Crippen MR) is 138 cm³/mol. The van der Waals surface area contributed by atoms with Crippen molar-refractivity contribution in [2.24, 2.45) is 0 Å². The fourth-order valence-corrected chi connectivity index (χ4v) is 4.74. The molecule has 0 unspecified atom stereocenters. The van der Waals surface area contributed by atoms with Crippen LogP contribution in [0.5, 0.6) is 11.5 Å². The van der Waals surface area contributed by atoms with E-state index in [-0.39, 0.29) is 17.2 Å². The van der Waals surface area contributed by atoms with E-state index in [1.807, 2.05) is 44.2 Å². The van der Waals surface area contributed by atoms with Gasteiger partial charge in [-0.2, -0.15) is 0 Å². The SMILES string of the molecule is COc1ccccc1CCNC(=O)c1nnn(-c2ccc(OC(F)(F)F)cc2)c1CSc1nc(C)cc(C)n1. The zero-order valence-electron chi connectivity index (χ0n) is 21.3. The number of hydrogen-bond acceptors (Lipinski definition) is 8. The van der Waals surface area contributed by atoms with E-state index in [9.17, 15) is 18.0 Å². The number of halogens is 3. The summed E-state index contributed by atoms with van der Waals surface area (Å²) >= 11 is 1.29. The molecule has 1 amide bonds. The maximum atomic E-state index is 13.1. The van der Waals surface area contributed by atoms with Gasteiger partial charge in [-0.25, -0.2) is 14.6 Å². The molecule has 0 atom stereocenters. The Morgan fingerprint density at radius 1 is 1.05 bits per heavy atom. The van der Waals surface area contributed by atoms with Crippen LogP contribution < -0.4 is 14.8 Å². The minimum absolute atomic E-state index is 0.0857. The van der Waals surface area contributed by atoms with Gasteiger partial charge in [0, 0.05) is 23.7 Å². The van der Waals surface area contributed by atoms with Crippen molar-refractivity contribution in [1.82, 2.24) is 30.3 Å². The molecule has 0 aliphatic carbocycles. The van der Waals surface area contributed by atoms with Gasteiger partial charge >= 0.3 is 6.36 Å². The summed E-state index contributed by atoms with van der Waals surface area (Å²) in [6.07, 6.45) is -4.28. The third-order valence-corrected chi connectivity index (χ3v) is 6.32. The highest BCUT2D eigenvalue weighted by Crippen LogP contribution is 2.27. The molecular weight excluding hydrogens is 533 g/mol. The van der Waals surface area contributed by atoms with Gasteiger partial charge in [0.25, 0.3) is 5.91 Å². The van der Waals surface area contributed by atoms with Gasteiger partial charge in [0.05, 0.1) is 18.5 Å². The second-order valence-corrected chi connectivity index (χ2v) is 9.32. The number of rotatable bonds is 10. The van der Waals surface area contributed by atoms with Gasteiger partial charge in [-0.05, 0) is 62.2 Å². The normalized spacial score (nSPS) is 11.3. The zero-order valence-corrected chi connectivity index (χ0v) is 22.1. The first-order valence-corrected chi connectivity index (χ1v) is 12.8. The third kappa shape index (κ3) is 7.47. The lowest BCUT2D eigenvalue weighted by molar-refractivity contribution is -0.274. The fourth-order valence-electron chi connectivity index (χ4n) is 3.80. The van der Waals surface area contributed by atoms with E-state index < -0.39 is 12.3 Å². The van der Waals surface area contributed by atoms with Crippen molar-refractivity contribution in [3.8, 4) is 17.2 Å². The van der Waals surface area contributed by atoms with Crippen molar-refractivity contribution in [2.75, 3.05) is 13.7 Å². The molecule has 2 heterocycles. The lowest BCUT2D eigenvalue weighted by atomic mass is 10.1. The van der Waals surface area contributed by atoms with Crippen LogP contribution in [0.15, 0.2) is 59.8 Å². The maximum absolute atomic E-state index is 13.1. The summed E-state index contributed by atoms with van der Waals surface area (Å²) in [6.45, 7) is 4.04. The zero-order chi connectivity index (χ0) is 28.0. The number of aryl methyl sites for hydroxylation is 2. The van der Waals surface area contributed by atoms with Gasteiger partial charge in [0.15, 0.2) is 10.9 Å². The van der Waals surface area contributed by atoms with Gasteiger partial charge in [-0.3, -0.25) is 4.79 Å². The predicted octanol–water partition coefficient (Wildman–Crippen LogP) is 4.85. The first-order valence-electron chi connectivity index (χ1n) is 11.8. The number of nitrogens with one attached hydrogen (secondary N) is 1. The van der Waals surface area contributed by atoms with E-state index >= 15 is 0 Å². The van der Waals surface area contributed by atoms with Crippen molar-refractivity contribution >= 4 is 17.7 Å². The van der Waals surface area contributed by atoms with Crippen LogP contribution in [0.1, 0.15) is 33.1 Å². The molecule has 2 aromatic heterocycles. The fraction of sp³-hybridized carbons (Fsp3) is 0.269. The Kier molecular flexibility index (Phi) is 8.69. The molecule has 9 nitrogen and oxygen atoms in total. The molecule has 0 aliphatic heterocycles. The average molecular weight is 559 g/mol. The van der Waals surface area contributed by atoms with E-state index in [0.717, 1.165) is 22.7 Å². The standard InChI is InChI=1S/C26H25F3N6O3S/c1-16-14-17(2)32-25(31-16)39-15-21-23(24(36)30-13-12-18-6-4-5-7-22(18)37-3)33-34-35(21)19-8-10-20(11-9-19)38-26(27,28)29/h4-11,14H,12-13,15H2,1-3H3,(H,30,36). The molecule has 39 heavy (non-hydrogen) atoms. The summed E-state index contributed by atoms with van der Waals surface area (Å²) in [5, 5.41) is 11.6. The number of alkyl halides is 3. The lowest BCUT2D eigenvalue weighted by Crippen LogP contribution is -2.27. The van der Waals surface area contributed by atoms with Gasteiger partial charge in [-0.15, -0.1) is 18.3 Å². The Morgan fingerprint density at radius 3 is 2.41 bits per heavy atom. The number of carbonyl (C=O) groups excluding carboxylic acids is 1. The number of carbonyl (C=O) groups is 1. The van der Waals surface area contributed by atoms with Crippen LogP contribution in [0, 0.1) is 13.8 Å². The molecule has 13 heteroatoms. The number of para-hydroxylation sites is 1. The molecule has 0 aliphatic rings. The minimum atomic E-state index is -4.81. The summed E-state index contributed by atoms with van der Waals surface area (Å²) in [6, 6.07) is 14.5. The van der Waals surface area contributed by atoms with Crippen LogP contribution in [0.4, 0.5) is 13.2 Å². The molecule has 0 bridgehead atoms. The summed E-state index contributed by atoms with van der Waals surface area (Å²) in [7, 11) is 1.58. The highest BCUT2D eigenvalue weighted by molar-refractivity contribution is 7.98. The monoisotopic (exact) mass is 558 g/mol. The van der Waals surface area contributed by atoms with Gasteiger partial charge in [-0.1, -0.05) is 35.2 Å². The number of nitrogens with zero attached hydrogens (tertiary/aromatic N) is 5. The summed E-state index contributed by atoms with van der Waals surface area (Å²) in [5.74, 6) is 0.137. The van der Waals surface area contributed by atoms with Crippen LogP contribution >= 0.6 is 11.8 Å². The molecule has 0 radical (unpaired) electrons. The maximum Gasteiger partial charge on any atom is 0.573 e. The van der Waals surface area contributed by atoms with E-state index in [0.29, 0.717) is 29.5 Å². The van der Waals surface area contributed by atoms with E-state index in [2.05, 4.69) is 30.3 Å². The topological polar surface area (TPSA) is 104 Å². The molecule has 0 saturated heterocycles. The highest BCUT2D eigenvalue weighted by atomic mass is 32.2. The van der Waals surface area contributed by atoms with E-state index in [4.69, 9.17) is 4.74 Å². The number of thioether (sulfide) groups is 1. The van der Waals surface area contributed by atoms with Crippen LogP contribution in [0.25, 0.3) is 5.69 Å². The van der Waals surface area contributed by atoms with Crippen LogP contribution in [-0.2, 0) is 12.2 Å². The Morgan fingerprint density at radius 2 is 1.74 bits per heavy atom. The first kappa shape index (κ1) is 27.9. The number of methoxy groups -OCH3 is 1. The number of amides is 1. The molecule has 0 spiro atoms. The summed E-state index contributed by atoms with van der Waals surface area (Å²) in [4.78, 5) is 22.0. The Hall–Kier alpha value is -4.13. The molecule has 2 aromatic carbocycles. The molecule has 4 aromatic rings. The van der Waals surface area contributed by atoms with Gasteiger partial charge < -0.3 is 14.8 Å². The first-order chi connectivity index (χ1) is 18.6. The highest BCUT2D eigenvalue weighted by Gasteiger charge is 2.31. The molecule has 204 valence electrons. The average Bonchev–Trinajstić information content (AvgIpc) is 3.30. The van der Waals surface area contributed by atoms with Gasteiger partial charge in [0.2, 0.25) is 0 Å². The molecule has 0 fully saturated rings. The van der Waals surface area contributed by atoms with E-state index in [1.54, 1.807) is 7.11 Å². The Labute approximate surface area is 226 Å². The van der Waals surface area contributed by atoms with Crippen LogP contribution in [-0.4, -0.2) is 50.9 Å².